The molecule has 0 N–H and O–H groups in total. The first-order valence-corrected chi connectivity index (χ1v) is 10.7. The van der Waals surface area contributed by atoms with Crippen LogP contribution in [0.2, 0.25) is 5.02 Å². The highest BCUT2D eigenvalue weighted by Crippen LogP contribution is 2.27. The Morgan fingerprint density at radius 2 is 1.17 bits per heavy atom. The molecule has 29 heavy (non-hydrogen) atoms. The summed E-state index contributed by atoms with van der Waals surface area (Å²) >= 11 is 5.98. The molecular weight excluding hydrogens is 376 g/mol. The van der Waals surface area contributed by atoms with Gasteiger partial charge in [-0.3, -0.25) is 0 Å². The molecule has 152 valence electrons. The van der Waals surface area contributed by atoms with Crippen molar-refractivity contribution in [2.24, 2.45) is 0 Å². The van der Waals surface area contributed by atoms with Crippen LogP contribution in [-0.4, -0.2) is 43.5 Å². The molecule has 0 heterocycles. The first-order chi connectivity index (χ1) is 14.1. The van der Waals surface area contributed by atoms with Gasteiger partial charge in [-0.15, -0.1) is 0 Å². The van der Waals surface area contributed by atoms with E-state index in [9.17, 15) is 0 Å². The van der Waals surface area contributed by atoms with Gasteiger partial charge in [0.1, 0.15) is 0 Å². The van der Waals surface area contributed by atoms with Crippen LogP contribution in [0.15, 0.2) is 84.9 Å². The summed E-state index contributed by atoms with van der Waals surface area (Å²) in [4.78, 5) is 4.81. The third kappa shape index (κ3) is 7.01. The molecule has 0 aromatic heterocycles. The molecule has 0 amide bonds. The standard InChI is InChI=1S/C26H31ClN2/c1-28(19-20-29(2)21-22-13-15-25(27)16-14-22)18-17-26(23-9-5-3-6-10-23)24-11-7-4-8-12-24/h3-16,26H,17-21H2,1-2H3. The Hall–Kier alpha value is -2.13. The molecule has 3 aromatic carbocycles. The molecule has 0 unspecified atom stereocenters. The second kappa shape index (κ2) is 11.2. The van der Waals surface area contributed by atoms with Crippen molar-refractivity contribution in [3.63, 3.8) is 0 Å². The molecular formula is C26H31ClN2. The molecule has 0 aliphatic rings. The van der Waals surface area contributed by atoms with Crippen LogP contribution in [0.1, 0.15) is 29.0 Å². The highest BCUT2D eigenvalue weighted by Gasteiger charge is 2.14. The van der Waals surface area contributed by atoms with Crippen LogP contribution in [0.3, 0.4) is 0 Å². The summed E-state index contributed by atoms with van der Waals surface area (Å²) in [5.74, 6) is 0.437. The van der Waals surface area contributed by atoms with Crippen molar-refractivity contribution in [2.75, 3.05) is 33.7 Å². The maximum absolute atomic E-state index is 5.98. The van der Waals surface area contributed by atoms with E-state index in [0.29, 0.717) is 5.92 Å². The van der Waals surface area contributed by atoms with Gasteiger partial charge in [0.2, 0.25) is 0 Å². The minimum Gasteiger partial charge on any atom is -0.305 e. The zero-order chi connectivity index (χ0) is 20.5. The van der Waals surface area contributed by atoms with Crippen molar-refractivity contribution in [1.29, 1.82) is 0 Å². The lowest BCUT2D eigenvalue weighted by atomic mass is 9.88. The lowest BCUT2D eigenvalue weighted by molar-refractivity contribution is 0.248. The van der Waals surface area contributed by atoms with E-state index in [4.69, 9.17) is 11.6 Å². The Morgan fingerprint density at radius 3 is 1.72 bits per heavy atom. The molecule has 0 bridgehead atoms. The largest absolute Gasteiger partial charge is 0.305 e. The van der Waals surface area contributed by atoms with E-state index in [1.807, 2.05) is 12.1 Å². The molecule has 0 radical (unpaired) electrons. The van der Waals surface area contributed by atoms with Crippen LogP contribution in [0.25, 0.3) is 0 Å². The van der Waals surface area contributed by atoms with Gasteiger partial charge in [0, 0.05) is 30.6 Å². The average Bonchev–Trinajstić information content (AvgIpc) is 2.75. The van der Waals surface area contributed by atoms with E-state index in [0.717, 1.165) is 37.6 Å². The van der Waals surface area contributed by atoms with E-state index in [1.165, 1.54) is 16.7 Å². The van der Waals surface area contributed by atoms with Crippen LogP contribution in [0, 0.1) is 0 Å². The molecule has 0 saturated carbocycles. The highest BCUT2D eigenvalue weighted by molar-refractivity contribution is 6.30. The van der Waals surface area contributed by atoms with Crippen molar-refractivity contribution < 1.29 is 0 Å². The van der Waals surface area contributed by atoms with Gasteiger partial charge in [-0.05, 0) is 55.9 Å². The molecule has 3 heteroatoms. The van der Waals surface area contributed by atoms with Crippen molar-refractivity contribution in [3.05, 3.63) is 107 Å². The van der Waals surface area contributed by atoms with Gasteiger partial charge in [-0.1, -0.05) is 84.4 Å². The number of benzene rings is 3. The zero-order valence-electron chi connectivity index (χ0n) is 17.5. The SMILES string of the molecule is CN(CCC(c1ccccc1)c1ccccc1)CCN(C)Cc1ccc(Cl)cc1. The van der Waals surface area contributed by atoms with E-state index in [2.05, 4.69) is 96.7 Å². The Kier molecular flexibility index (Phi) is 8.30. The topological polar surface area (TPSA) is 6.48 Å². The predicted molar refractivity (Wildman–Crippen MR) is 125 cm³/mol. The first-order valence-electron chi connectivity index (χ1n) is 10.3. The third-order valence-electron chi connectivity index (χ3n) is 5.43. The fourth-order valence-corrected chi connectivity index (χ4v) is 3.81. The van der Waals surface area contributed by atoms with E-state index < -0.39 is 0 Å². The summed E-state index contributed by atoms with van der Waals surface area (Å²) in [7, 11) is 4.41. The first kappa shape index (κ1) is 21.6. The van der Waals surface area contributed by atoms with E-state index in [1.54, 1.807) is 0 Å². The van der Waals surface area contributed by atoms with Gasteiger partial charge in [0.15, 0.2) is 0 Å². The molecule has 3 aromatic rings. The van der Waals surface area contributed by atoms with E-state index >= 15 is 0 Å². The van der Waals surface area contributed by atoms with Crippen LogP contribution in [0.5, 0.6) is 0 Å². The van der Waals surface area contributed by atoms with Crippen LogP contribution in [0.4, 0.5) is 0 Å². The number of hydrogen-bond donors (Lipinski definition) is 0. The fraction of sp³-hybridized carbons (Fsp3) is 0.308. The Labute approximate surface area is 180 Å². The molecule has 0 aliphatic carbocycles. The summed E-state index contributed by atoms with van der Waals surface area (Å²) in [6, 6.07) is 29.9. The monoisotopic (exact) mass is 406 g/mol. The Balaban J connectivity index is 1.51. The normalized spacial score (nSPS) is 11.5. The van der Waals surface area contributed by atoms with Gasteiger partial charge < -0.3 is 9.80 Å². The molecule has 0 spiro atoms. The number of halogens is 1. The van der Waals surface area contributed by atoms with Gasteiger partial charge in [0.25, 0.3) is 0 Å². The Bertz CT molecular complexity index is 794. The molecule has 0 fully saturated rings. The molecule has 0 saturated heterocycles. The summed E-state index contributed by atoms with van der Waals surface area (Å²) in [6.45, 7) is 4.12. The maximum Gasteiger partial charge on any atom is 0.0406 e. The summed E-state index contributed by atoms with van der Waals surface area (Å²) in [5.41, 5.74) is 4.09. The van der Waals surface area contributed by atoms with Gasteiger partial charge in [-0.2, -0.15) is 0 Å². The van der Waals surface area contributed by atoms with Crippen molar-refractivity contribution >= 4 is 11.6 Å². The molecule has 0 atom stereocenters. The summed E-state index contributed by atoms with van der Waals surface area (Å²) in [5, 5.41) is 0.794. The third-order valence-corrected chi connectivity index (χ3v) is 5.68. The fourth-order valence-electron chi connectivity index (χ4n) is 3.68. The van der Waals surface area contributed by atoms with Gasteiger partial charge >= 0.3 is 0 Å². The van der Waals surface area contributed by atoms with Crippen LogP contribution < -0.4 is 0 Å². The van der Waals surface area contributed by atoms with Crippen molar-refractivity contribution in [1.82, 2.24) is 9.80 Å². The minimum absolute atomic E-state index is 0.437. The molecule has 3 rings (SSSR count). The van der Waals surface area contributed by atoms with Crippen molar-refractivity contribution in [3.8, 4) is 0 Å². The summed E-state index contributed by atoms with van der Waals surface area (Å²) < 4.78 is 0. The van der Waals surface area contributed by atoms with E-state index in [-0.39, 0.29) is 0 Å². The minimum atomic E-state index is 0.437. The van der Waals surface area contributed by atoms with Crippen molar-refractivity contribution in [2.45, 2.75) is 18.9 Å². The number of nitrogens with zero attached hydrogens (tertiary/aromatic N) is 2. The maximum atomic E-state index is 5.98. The Morgan fingerprint density at radius 1 is 0.655 bits per heavy atom. The van der Waals surface area contributed by atoms with Crippen LogP contribution in [-0.2, 0) is 6.54 Å². The second-order valence-corrected chi connectivity index (χ2v) is 8.27. The predicted octanol–water partition coefficient (Wildman–Crippen LogP) is 5.93. The molecule has 2 nitrogen and oxygen atoms in total. The van der Waals surface area contributed by atoms with Gasteiger partial charge in [0.05, 0.1) is 0 Å². The number of rotatable bonds is 10. The quantitative estimate of drug-likeness (QED) is 0.412. The number of likely N-dealkylation sites (N-methyl/N-ethyl adjacent to an activating group) is 2. The average molecular weight is 407 g/mol. The second-order valence-electron chi connectivity index (χ2n) is 7.83. The molecule has 0 aliphatic heterocycles. The lowest BCUT2D eigenvalue weighted by Gasteiger charge is -2.25. The number of hydrogen-bond acceptors (Lipinski definition) is 2. The smallest absolute Gasteiger partial charge is 0.0406 e. The lowest BCUT2D eigenvalue weighted by Crippen LogP contribution is -2.31. The zero-order valence-corrected chi connectivity index (χ0v) is 18.2. The highest BCUT2D eigenvalue weighted by atomic mass is 35.5. The van der Waals surface area contributed by atoms with Gasteiger partial charge in [-0.25, -0.2) is 0 Å². The summed E-state index contributed by atoms with van der Waals surface area (Å²) in [6.07, 6.45) is 1.12. The van der Waals surface area contributed by atoms with Crippen LogP contribution >= 0.6 is 11.6 Å².